The average molecular weight is 330 g/mol. The highest BCUT2D eigenvalue weighted by Crippen LogP contribution is 2.19. The molecule has 6 heteroatoms. The van der Waals surface area contributed by atoms with Crippen molar-refractivity contribution < 1.29 is 9.18 Å². The molecule has 0 aliphatic carbocycles. The van der Waals surface area contributed by atoms with Crippen LogP contribution in [0.1, 0.15) is 26.7 Å². The molecule has 2 rings (SSSR count). The van der Waals surface area contributed by atoms with Crippen LogP contribution >= 0.6 is 12.4 Å². The van der Waals surface area contributed by atoms with Gasteiger partial charge in [0.2, 0.25) is 5.91 Å². The first-order valence-electron chi connectivity index (χ1n) is 7.53. The molecule has 0 saturated carbocycles. The maximum absolute atomic E-state index is 12.9. The zero-order chi connectivity index (χ0) is 15.5. The monoisotopic (exact) mass is 329 g/mol. The molecule has 0 aromatic heterocycles. The third-order valence-electron chi connectivity index (χ3n) is 4.02. The Hall–Kier alpha value is -1.33. The number of hydrogen-bond acceptors (Lipinski definition) is 3. The van der Waals surface area contributed by atoms with Crippen LogP contribution in [0.5, 0.6) is 0 Å². The molecular formula is C16H25ClFN3O. The van der Waals surface area contributed by atoms with E-state index in [1.807, 2.05) is 18.7 Å². The molecule has 1 heterocycles. The Bertz CT molecular complexity index is 485. The van der Waals surface area contributed by atoms with E-state index in [9.17, 15) is 9.18 Å². The van der Waals surface area contributed by atoms with Gasteiger partial charge in [-0.3, -0.25) is 4.79 Å². The Labute approximate surface area is 137 Å². The number of halogens is 2. The first-order chi connectivity index (χ1) is 9.94. The van der Waals surface area contributed by atoms with Crippen LogP contribution in [-0.2, 0) is 4.79 Å². The highest BCUT2D eigenvalue weighted by molar-refractivity contribution is 5.86. The van der Waals surface area contributed by atoms with Crippen molar-refractivity contribution in [2.24, 2.45) is 5.73 Å². The minimum absolute atomic E-state index is 0. The van der Waals surface area contributed by atoms with Crippen molar-refractivity contribution in [2.45, 2.75) is 32.2 Å². The number of amides is 1. The van der Waals surface area contributed by atoms with Crippen molar-refractivity contribution in [3.63, 3.8) is 0 Å². The van der Waals surface area contributed by atoms with Crippen molar-refractivity contribution in [3.05, 3.63) is 30.1 Å². The van der Waals surface area contributed by atoms with Crippen LogP contribution in [-0.4, -0.2) is 42.5 Å². The number of nitrogens with two attached hydrogens (primary N) is 1. The summed E-state index contributed by atoms with van der Waals surface area (Å²) in [6, 6.07) is 6.48. The molecule has 4 nitrogen and oxygen atoms in total. The van der Waals surface area contributed by atoms with Crippen LogP contribution < -0.4 is 10.6 Å². The van der Waals surface area contributed by atoms with Gasteiger partial charge in [0, 0.05) is 31.9 Å². The predicted molar refractivity (Wildman–Crippen MR) is 89.9 cm³/mol. The molecular weight excluding hydrogens is 305 g/mol. The van der Waals surface area contributed by atoms with E-state index in [1.165, 1.54) is 12.1 Å². The second-order valence-electron chi connectivity index (χ2n) is 5.92. The summed E-state index contributed by atoms with van der Waals surface area (Å²) in [5.74, 6) is -0.200. The molecule has 0 spiro atoms. The van der Waals surface area contributed by atoms with Gasteiger partial charge < -0.3 is 15.5 Å². The quantitative estimate of drug-likeness (QED) is 0.923. The van der Waals surface area contributed by atoms with Crippen molar-refractivity contribution in [2.75, 3.05) is 31.1 Å². The molecule has 1 atom stereocenters. The van der Waals surface area contributed by atoms with E-state index < -0.39 is 5.54 Å². The molecule has 1 unspecified atom stereocenters. The molecule has 124 valence electrons. The lowest BCUT2D eigenvalue weighted by molar-refractivity contribution is -0.137. The second kappa shape index (κ2) is 7.79. The van der Waals surface area contributed by atoms with Gasteiger partial charge in [-0.25, -0.2) is 4.39 Å². The minimum atomic E-state index is -0.771. The van der Waals surface area contributed by atoms with Gasteiger partial charge >= 0.3 is 0 Å². The topological polar surface area (TPSA) is 49.6 Å². The van der Waals surface area contributed by atoms with Crippen LogP contribution in [0.2, 0.25) is 0 Å². The first-order valence-corrected chi connectivity index (χ1v) is 7.53. The number of carbonyl (C=O) groups is 1. The van der Waals surface area contributed by atoms with Gasteiger partial charge in [0.1, 0.15) is 5.82 Å². The van der Waals surface area contributed by atoms with Crippen molar-refractivity contribution in [1.82, 2.24) is 4.90 Å². The third-order valence-corrected chi connectivity index (χ3v) is 4.02. The molecule has 1 fully saturated rings. The zero-order valence-electron chi connectivity index (χ0n) is 13.2. The normalized spacial score (nSPS) is 17.6. The van der Waals surface area contributed by atoms with E-state index in [-0.39, 0.29) is 24.1 Å². The molecule has 0 radical (unpaired) electrons. The van der Waals surface area contributed by atoms with Crippen molar-refractivity contribution >= 4 is 24.0 Å². The molecule has 1 aromatic rings. The number of hydrogen-bond donors (Lipinski definition) is 1. The van der Waals surface area contributed by atoms with Gasteiger partial charge in [0.25, 0.3) is 0 Å². The number of nitrogens with zero attached hydrogens (tertiary/aromatic N) is 2. The van der Waals surface area contributed by atoms with E-state index in [0.717, 1.165) is 25.2 Å². The zero-order valence-corrected chi connectivity index (χ0v) is 14.0. The molecule has 1 aromatic carbocycles. The van der Waals surface area contributed by atoms with Gasteiger partial charge in [-0.15, -0.1) is 12.4 Å². The fraction of sp³-hybridized carbons (Fsp3) is 0.562. The summed E-state index contributed by atoms with van der Waals surface area (Å²) in [7, 11) is 0. The van der Waals surface area contributed by atoms with Gasteiger partial charge in [-0.05, 0) is 37.6 Å². The van der Waals surface area contributed by atoms with Crippen LogP contribution in [0.15, 0.2) is 24.3 Å². The lowest BCUT2D eigenvalue weighted by Gasteiger charge is -2.39. The number of piperazine rings is 1. The molecule has 0 bridgehead atoms. The van der Waals surface area contributed by atoms with Crippen LogP contribution in [0, 0.1) is 5.82 Å². The van der Waals surface area contributed by atoms with E-state index in [2.05, 4.69) is 4.90 Å². The molecule has 1 saturated heterocycles. The van der Waals surface area contributed by atoms with Crippen molar-refractivity contribution in [3.8, 4) is 0 Å². The molecule has 1 amide bonds. The van der Waals surface area contributed by atoms with Gasteiger partial charge in [-0.1, -0.05) is 13.3 Å². The van der Waals surface area contributed by atoms with Crippen LogP contribution in [0.25, 0.3) is 0 Å². The Kier molecular flexibility index (Phi) is 6.63. The summed E-state index contributed by atoms with van der Waals surface area (Å²) in [5.41, 5.74) is 6.34. The highest BCUT2D eigenvalue weighted by Gasteiger charge is 2.33. The second-order valence-corrected chi connectivity index (χ2v) is 5.92. The maximum atomic E-state index is 12.9. The standard InChI is InChI=1S/C16H24FN3O.ClH/c1-3-8-16(2,18)15(21)20-11-9-19(10-12-20)14-6-4-13(17)5-7-14;/h4-7H,3,8-12,18H2,1-2H3;1H. The SMILES string of the molecule is CCCC(C)(N)C(=O)N1CCN(c2ccc(F)cc2)CC1.Cl. The predicted octanol–water partition coefficient (Wildman–Crippen LogP) is 2.41. The maximum Gasteiger partial charge on any atom is 0.242 e. The largest absolute Gasteiger partial charge is 0.368 e. The lowest BCUT2D eigenvalue weighted by atomic mass is 9.95. The van der Waals surface area contributed by atoms with E-state index in [1.54, 1.807) is 12.1 Å². The fourth-order valence-corrected chi connectivity index (χ4v) is 2.81. The summed E-state index contributed by atoms with van der Waals surface area (Å²) < 4.78 is 12.9. The van der Waals surface area contributed by atoms with E-state index in [0.29, 0.717) is 19.5 Å². The number of anilines is 1. The number of rotatable bonds is 4. The van der Waals surface area contributed by atoms with Gasteiger partial charge in [0.05, 0.1) is 5.54 Å². The van der Waals surface area contributed by atoms with E-state index in [4.69, 9.17) is 5.73 Å². The summed E-state index contributed by atoms with van der Waals surface area (Å²) >= 11 is 0. The highest BCUT2D eigenvalue weighted by atomic mass is 35.5. The Morgan fingerprint density at radius 1 is 1.23 bits per heavy atom. The summed E-state index contributed by atoms with van der Waals surface area (Å²) in [4.78, 5) is 16.4. The van der Waals surface area contributed by atoms with Gasteiger partial charge in [0.15, 0.2) is 0 Å². The van der Waals surface area contributed by atoms with Crippen LogP contribution in [0.4, 0.5) is 10.1 Å². The Balaban J connectivity index is 0.00000242. The van der Waals surface area contributed by atoms with E-state index >= 15 is 0 Å². The number of carbonyl (C=O) groups excluding carboxylic acids is 1. The van der Waals surface area contributed by atoms with Gasteiger partial charge in [-0.2, -0.15) is 0 Å². The molecule has 2 N–H and O–H groups in total. The smallest absolute Gasteiger partial charge is 0.242 e. The Morgan fingerprint density at radius 3 is 2.27 bits per heavy atom. The first kappa shape index (κ1) is 18.7. The average Bonchev–Trinajstić information content (AvgIpc) is 2.47. The summed E-state index contributed by atoms with van der Waals surface area (Å²) in [5, 5.41) is 0. The number of benzene rings is 1. The third kappa shape index (κ3) is 4.34. The lowest BCUT2D eigenvalue weighted by Crippen LogP contribution is -2.58. The Morgan fingerprint density at radius 2 is 1.77 bits per heavy atom. The molecule has 1 aliphatic heterocycles. The molecule has 1 aliphatic rings. The fourth-order valence-electron chi connectivity index (χ4n) is 2.81. The minimum Gasteiger partial charge on any atom is -0.368 e. The summed E-state index contributed by atoms with van der Waals surface area (Å²) in [6.45, 7) is 6.66. The van der Waals surface area contributed by atoms with Crippen molar-refractivity contribution in [1.29, 1.82) is 0 Å². The van der Waals surface area contributed by atoms with Crippen LogP contribution in [0.3, 0.4) is 0 Å². The summed E-state index contributed by atoms with van der Waals surface area (Å²) in [6.07, 6.45) is 1.60. The molecule has 22 heavy (non-hydrogen) atoms.